The van der Waals surface area contributed by atoms with Crippen LogP contribution in [0.15, 0.2) is 41.0 Å². The number of benzene rings is 1. The van der Waals surface area contributed by atoms with Crippen LogP contribution >= 0.6 is 27.5 Å². The van der Waals surface area contributed by atoms with Crippen molar-refractivity contribution in [2.24, 2.45) is 5.73 Å². The van der Waals surface area contributed by atoms with Gasteiger partial charge in [-0.1, -0.05) is 33.6 Å². The number of nitrogens with zero attached hydrogens (tertiary/aromatic N) is 1. The van der Waals surface area contributed by atoms with E-state index in [2.05, 4.69) is 20.9 Å². The van der Waals surface area contributed by atoms with E-state index in [1.807, 2.05) is 24.3 Å². The van der Waals surface area contributed by atoms with Gasteiger partial charge >= 0.3 is 0 Å². The Morgan fingerprint density at radius 3 is 2.78 bits per heavy atom. The van der Waals surface area contributed by atoms with Crippen LogP contribution in [0.3, 0.4) is 0 Å². The molecule has 0 saturated carbocycles. The van der Waals surface area contributed by atoms with Gasteiger partial charge in [-0.3, -0.25) is 4.98 Å². The van der Waals surface area contributed by atoms with Gasteiger partial charge in [0, 0.05) is 17.2 Å². The van der Waals surface area contributed by atoms with Crippen LogP contribution in [0.1, 0.15) is 11.3 Å². The van der Waals surface area contributed by atoms with Crippen LogP contribution in [0.25, 0.3) is 0 Å². The van der Waals surface area contributed by atoms with Crippen LogP contribution in [0.5, 0.6) is 5.75 Å². The van der Waals surface area contributed by atoms with E-state index in [1.165, 1.54) is 0 Å². The Bertz CT molecular complexity index is 531. The Morgan fingerprint density at radius 1 is 1.28 bits per heavy atom. The third-order valence-corrected chi connectivity index (χ3v) is 3.20. The molecular formula is C13H12BrClN2O. The summed E-state index contributed by atoms with van der Waals surface area (Å²) in [4.78, 5) is 4.26. The lowest BCUT2D eigenvalue weighted by Gasteiger charge is -2.08. The van der Waals surface area contributed by atoms with E-state index in [0.717, 1.165) is 15.7 Å². The van der Waals surface area contributed by atoms with Gasteiger partial charge in [0.25, 0.3) is 0 Å². The number of nitrogens with two attached hydrogens (primary N) is 1. The maximum Gasteiger partial charge on any atom is 0.139 e. The molecule has 1 aromatic carbocycles. The third kappa shape index (κ3) is 3.45. The number of aromatic nitrogens is 1. The molecule has 1 aromatic heterocycles. The molecule has 5 heteroatoms. The highest BCUT2D eigenvalue weighted by molar-refractivity contribution is 9.10. The summed E-state index contributed by atoms with van der Waals surface area (Å²) in [5, 5.41) is 0.580. The van der Waals surface area contributed by atoms with Crippen molar-refractivity contribution in [3.05, 3.63) is 57.3 Å². The minimum absolute atomic E-state index is 0.376. The zero-order chi connectivity index (χ0) is 13.0. The molecule has 1 heterocycles. The lowest BCUT2D eigenvalue weighted by atomic mass is 10.2. The van der Waals surface area contributed by atoms with E-state index in [1.54, 1.807) is 12.3 Å². The summed E-state index contributed by atoms with van der Waals surface area (Å²) < 4.78 is 6.55. The molecule has 0 unspecified atom stereocenters. The van der Waals surface area contributed by atoms with Crippen LogP contribution in [-0.4, -0.2) is 4.98 Å². The monoisotopic (exact) mass is 326 g/mol. The van der Waals surface area contributed by atoms with E-state index in [9.17, 15) is 0 Å². The molecule has 2 aromatic rings. The molecule has 2 rings (SSSR count). The molecule has 3 nitrogen and oxygen atoms in total. The molecule has 2 N–H and O–H groups in total. The molecule has 0 aliphatic carbocycles. The normalized spacial score (nSPS) is 10.4. The van der Waals surface area contributed by atoms with Crippen molar-refractivity contribution < 1.29 is 4.74 Å². The molecule has 0 atom stereocenters. The van der Waals surface area contributed by atoms with E-state index < -0.39 is 0 Å². The van der Waals surface area contributed by atoms with Crippen molar-refractivity contribution in [1.29, 1.82) is 0 Å². The molecule has 0 saturated heterocycles. The molecule has 0 amide bonds. The third-order valence-electron chi connectivity index (χ3n) is 2.39. The summed E-state index contributed by atoms with van der Waals surface area (Å²) >= 11 is 9.40. The van der Waals surface area contributed by atoms with Gasteiger partial charge in [0.2, 0.25) is 0 Å². The molecule has 0 spiro atoms. The average molecular weight is 328 g/mol. The molecule has 0 aliphatic rings. The summed E-state index contributed by atoms with van der Waals surface area (Å²) in [5.74, 6) is 0.635. The van der Waals surface area contributed by atoms with Gasteiger partial charge in [0.1, 0.15) is 12.4 Å². The lowest BCUT2D eigenvalue weighted by Crippen LogP contribution is -2.01. The van der Waals surface area contributed by atoms with Gasteiger partial charge in [-0.2, -0.15) is 0 Å². The highest BCUT2D eigenvalue weighted by atomic mass is 79.9. The predicted molar refractivity (Wildman–Crippen MR) is 75.6 cm³/mol. The van der Waals surface area contributed by atoms with Crippen molar-refractivity contribution in [1.82, 2.24) is 4.98 Å². The fourth-order valence-electron chi connectivity index (χ4n) is 1.40. The van der Waals surface area contributed by atoms with Crippen LogP contribution in [0.2, 0.25) is 5.02 Å². The van der Waals surface area contributed by atoms with Crippen molar-refractivity contribution >= 4 is 27.5 Å². The Labute approximate surface area is 119 Å². The first-order chi connectivity index (χ1) is 8.69. The summed E-state index contributed by atoms with van der Waals surface area (Å²) in [6.07, 6.45) is 1.75. The number of pyridine rings is 1. The number of rotatable bonds is 4. The first kappa shape index (κ1) is 13.3. The number of ether oxygens (including phenoxy) is 1. The zero-order valence-corrected chi connectivity index (χ0v) is 11.9. The minimum atomic E-state index is 0.376. The topological polar surface area (TPSA) is 48.1 Å². The van der Waals surface area contributed by atoms with E-state index in [-0.39, 0.29) is 0 Å². The largest absolute Gasteiger partial charge is 0.486 e. The van der Waals surface area contributed by atoms with Gasteiger partial charge in [0.15, 0.2) is 0 Å². The van der Waals surface area contributed by atoms with E-state index in [4.69, 9.17) is 22.1 Å². The van der Waals surface area contributed by atoms with Crippen LogP contribution in [0.4, 0.5) is 0 Å². The van der Waals surface area contributed by atoms with Crippen LogP contribution < -0.4 is 10.5 Å². The first-order valence-corrected chi connectivity index (χ1v) is 6.58. The molecule has 0 radical (unpaired) electrons. The number of hydrogen-bond acceptors (Lipinski definition) is 3. The summed E-state index contributed by atoms with van der Waals surface area (Å²) in [7, 11) is 0. The maximum atomic E-state index is 6.03. The SMILES string of the molecule is NCc1ccc(COc2cc(Br)ccc2Cl)nc1. The van der Waals surface area contributed by atoms with Gasteiger partial charge in [-0.15, -0.1) is 0 Å². The molecule has 0 bridgehead atoms. The van der Waals surface area contributed by atoms with Gasteiger partial charge in [-0.05, 0) is 29.8 Å². The Hall–Kier alpha value is -1.10. The maximum absolute atomic E-state index is 6.03. The fraction of sp³-hybridized carbons (Fsp3) is 0.154. The summed E-state index contributed by atoms with van der Waals surface area (Å²) in [5.41, 5.74) is 7.34. The van der Waals surface area contributed by atoms with Gasteiger partial charge in [0.05, 0.1) is 10.7 Å². The second kappa shape index (κ2) is 6.18. The molecule has 0 fully saturated rings. The summed E-state index contributed by atoms with van der Waals surface area (Å²) in [6.45, 7) is 0.868. The molecular weight excluding hydrogens is 316 g/mol. The van der Waals surface area contributed by atoms with Crippen molar-refractivity contribution in [3.63, 3.8) is 0 Å². The number of hydrogen-bond donors (Lipinski definition) is 1. The second-order valence-corrected chi connectivity index (χ2v) is 5.05. The second-order valence-electron chi connectivity index (χ2n) is 3.73. The smallest absolute Gasteiger partial charge is 0.139 e. The lowest BCUT2D eigenvalue weighted by molar-refractivity contribution is 0.301. The van der Waals surface area contributed by atoms with Crippen molar-refractivity contribution in [2.45, 2.75) is 13.2 Å². The highest BCUT2D eigenvalue weighted by Gasteiger charge is 2.03. The number of halogens is 2. The van der Waals surface area contributed by atoms with Crippen molar-refractivity contribution in [2.75, 3.05) is 0 Å². The molecule has 18 heavy (non-hydrogen) atoms. The van der Waals surface area contributed by atoms with Crippen molar-refractivity contribution in [3.8, 4) is 5.75 Å². The Morgan fingerprint density at radius 2 is 2.11 bits per heavy atom. The quantitative estimate of drug-likeness (QED) is 0.934. The standard InChI is InChI=1S/C13H12BrClN2O/c14-10-2-4-12(15)13(5-10)18-8-11-3-1-9(6-16)7-17-11/h1-5,7H,6,8,16H2. The Balaban J connectivity index is 2.04. The molecule has 94 valence electrons. The van der Waals surface area contributed by atoms with Crippen LogP contribution in [-0.2, 0) is 13.2 Å². The van der Waals surface area contributed by atoms with Gasteiger partial charge < -0.3 is 10.5 Å². The highest BCUT2D eigenvalue weighted by Crippen LogP contribution is 2.28. The minimum Gasteiger partial charge on any atom is -0.486 e. The summed E-state index contributed by atoms with van der Waals surface area (Å²) in [6, 6.07) is 9.31. The zero-order valence-electron chi connectivity index (χ0n) is 9.57. The first-order valence-electron chi connectivity index (χ1n) is 5.41. The predicted octanol–water partition coefficient (Wildman–Crippen LogP) is 3.54. The van der Waals surface area contributed by atoms with E-state index in [0.29, 0.717) is 23.9 Å². The van der Waals surface area contributed by atoms with E-state index >= 15 is 0 Å². The van der Waals surface area contributed by atoms with Gasteiger partial charge in [-0.25, -0.2) is 0 Å². The van der Waals surface area contributed by atoms with Crippen LogP contribution in [0, 0.1) is 0 Å². The fourth-order valence-corrected chi connectivity index (χ4v) is 1.91. The average Bonchev–Trinajstić information content (AvgIpc) is 2.40. The Kier molecular flexibility index (Phi) is 4.58. The molecule has 0 aliphatic heterocycles.